The van der Waals surface area contributed by atoms with E-state index in [0.29, 0.717) is 5.91 Å². The van der Waals surface area contributed by atoms with Gasteiger partial charge >= 0.3 is 0 Å². The molecule has 0 aromatic heterocycles. The quantitative estimate of drug-likeness (QED) is 0.834. The van der Waals surface area contributed by atoms with Crippen molar-refractivity contribution in [2.75, 3.05) is 6.54 Å². The minimum Gasteiger partial charge on any atom is -0.326 e. The van der Waals surface area contributed by atoms with E-state index in [4.69, 9.17) is 0 Å². The molecule has 1 N–H and O–H groups in total. The van der Waals surface area contributed by atoms with Gasteiger partial charge in [0.05, 0.1) is 12.2 Å². The second-order valence-electron chi connectivity index (χ2n) is 6.27. The van der Waals surface area contributed by atoms with Gasteiger partial charge in [0.15, 0.2) is 0 Å². The van der Waals surface area contributed by atoms with Gasteiger partial charge in [-0.2, -0.15) is 0 Å². The van der Waals surface area contributed by atoms with Crippen LogP contribution in [0.15, 0.2) is 0 Å². The highest BCUT2D eigenvalue weighted by Crippen LogP contribution is 2.31. The third-order valence-corrected chi connectivity index (χ3v) is 4.68. The Bertz CT molecular complexity index is 292. The van der Waals surface area contributed by atoms with Gasteiger partial charge in [-0.25, -0.2) is 0 Å². The molecule has 0 aromatic carbocycles. The molecule has 0 spiro atoms. The molecule has 2 rings (SSSR count). The van der Waals surface area contributed by atoms with Gasteiger partial charge in [-0.3, -0.25) is 10.1 Å². The Hall–Kier alpha value is -0.570. The fraction of sp³-hybridized carbons (Fsp3) is 0.933. The molecule has 104 valence electrons. The van der Waals surface area contributed by atoms with Crippen molar-refractivity contribution in [3.63, 3.8) is 0 Å². The van der Waals surface area contributed by atoms with E-state index in [9.17, 15) is 4.79 Å². The van der Waals surface area contributed by atoms with Crippen LogP contribution in [-0.4, -0.2) is 29.6 Å². The number of nitrogens with zero attached hydrogens (tertiary/aromatic N) is 1. The monoisotopic (exact) mass is 252 g/mol. The van der Waals surface area contributed by atoms with Crippen LogP contribution in [0.2, 0.25) is 0 Å². The second kappa shape index (κ2) is 6.05. The summed E-state index contributed by atoms with van der Waals surface area (Å²) in [5.41, 5.74) is 0. The molecule has 4 unspecified atom stereocenters. The fourth-order valence-corrected chi connectivity index (χ4v) is 3.60. The summed E-state index contributed by atoms with van der Waals surface area (Å²) in [5.74, 6) is 2.03. The van der Waals surface area contributed by atoms with Crippen LogP contribution in [0.25, 0.3) is 0 Å². The van der Waals surface area contributed by atoms with Crippen LogP contribution in [0.3, 0.4) is 0 Å². The molecule has 0 bridgehead atoms. The average molecular weight is 252 g/mol. The standard InChI is InChI=1S/C15H28N2O/c1-4-14-16-12(3)15(18)17(14)9-8-13-7-5-6-11(2)10-13/h11-14,16H,4-10H2,1-3H3. The topological polar surface area (TPSA) is 32.3 Å². The molecule has 2 fully saturated rings. The first-order valence-corrected chi connectivity index (χ1v) is 7.68. The van der Waals surface area contributed by atoms with Crippen molar-refractivity contribution in [2.24, 2.45) is 11.8 Å². The molecule has 1 aliphatic carbocycles. The van der Waals surface area contributed by atoms with E-state index in [-0.39, 0.29) is 12.2 Å². The Balaban J connectivity index is 1.83. The third-order valence-electron chi connectivity index (χ3n) is 4.68. The molecule has 4 atom stereocenters. The Kier molecular flexibility index (Phi) is 4.66. The lowest BCUT2D eigenvalue weighted by Crippen LogP contribution is -2.38. The summed E-state index contributed by atoms with van der Waals surface area (Å²) >= 11 is 0. The zero-order valence-electron chi connectivity index (χ0n) is 12.1. The summed E-state index contributed by atoms with van der Waals surface area (Å²) in [6.45, 7) is 7.45. The number of carbonyl (C=O) groups is 1. The Labute approximate surface area is 111 Å². The number of nitrogens with one attached hydrogen (secondary N) is 1. The Morgan fingerprint density at radius 3 is 2.78 bits per heavy atom. The summed E-state index contributed by atoms with van der Waals surface area (Å²) in [5, 5.41) is 3.38. The van der Waals surface area contributed by atoms with Gasteiger partial charge in [0.1, 0.15) is 0 Å². The van der Waals surface area contributed by atoms with Crippen molar-refractivity contribution in [3.05, 3.63) is 0 Å². The molecule has 1 saturated carbocycles. The first kappa shape index (κ1) is 13.9. The van der Waals surface area contributed by atoms with Gasteiger partial charge in [0.25, 0.3) is 0 Å². The molecule has 3 nitrogen and oxygen atoms in total. The van der Waals surface area contributed by atoms with Crippen LogP contribution in [-0.2, 0) is 4.79 Å². The van der Waals surface area contributed by atoms with Crippen LogP contribution in [0, 0.1) is 11.8 Å². The predicted molar refractivity (Wildman–Crippen MR) is 74.1 cm³/mol. The van der Waals surface area contributed by atoms with E-state index in [0.717, 1.165) is 24.8 Å². The maximum atomic E-state index is 12.1. The van der Waals surface area contributed by atoms with Gasteiger partial charge in [0, 0.05) is 6.54 Å². The Morgan fingerprint density at radius 2 is 2.11 bits per heavy atom. The molecule has 1 saturated heterocycles. The average Bonchev–Trinajstić information content (AvgIpc) is 2.63. The van der Waals surface area contributed by atoms with Gasteiger partial charge in [-0.1, -0.05) is 33.1 Å². The highest BCUT2D eigenvalue weighted by molar-refractivity contribution is 5.83. The molecular formula is C15H28N2O. The largest absolute Gasteiger partial charge is 0.326 e. The number of hydrogen-bond donors (Lipinski definition) is 1. The molecule has 3 heteroatoms. The lowest BCUT2D eigenvalue weighted by molar-refractivity contribution is -0.130. The van der Waals surface area contributed by atoms with E-state index in [1.54, 1.807) is 0 Å². The summed E-state index contributed by atoms with van der Waals surface area (Å²) in [7, 11) is 0. The SMILES string of the molecule is CCC1NC(C)C(=O)N1CCC1CCCC(C)C1. The van der Waals surface area contributed by atoms with Crippen molar-refractivity contribution < 1.29 is 4.79 Å². The first-order valence-electron chi connectivity index (χ1n) is 7.68. The maximum absolute atomic E-state index is 12.1. The number of rotatable bonds is 4. The summed E-state index contributed by atoms with van der Waals surface area (Å²) < 4.78 is 0. The van der Waals surface area contributed by atoms with E-state index in [2.05, 4.69) is 24.1 Å². The van der Waals surface area contributed by atoms with Crippen LogP contribution >= 0.6 is 0 Å². The summed E-state index contributed by atoms with van der Waals surface area (Å²) in [4.78, 5) is 14.1. The first-order chi connectivity index (χ1) is 8.61. The number of amides is 1. The third kappa shape index (κ3) is 3.05. The smallest absolute Gasteiger partial charge is 0.240 e. The lowest BCUT2D eigenvalue weighted by atomic mass is 9.81. The van der Waals surface area contributed by atoms with Gasteiger partial charge in [-0.05, 0) is 38.0 Å². The zero-order chi connectivity index (χ0) is 13.1. The van der Waals surface area contributed by atoms with Gasteiger partial charge in [-0.15, -0.1) is 0 Å². The molecule has 2 aliphatic rings. The van der Waals surface area contributed by atoms with Gasteiger partial charge in [0.2, 0.25) is 5.91 Å². The predicted octanol–water partition coefficient (Wildman–Crippen LogP) is 2.76. The van der Waals surface area contributed by atoms with E-state index in [1.807, 2.05) is 6.92 Å². The number of hydrogen-bond acceptors (Lipinski definition) is 2. The van der Waals surface area contributed by atoms with Crippen LogP contribution in [0.1, 0.15) is 59.3 Å². The highest BCUT2D eigenvalue weighted by atomic mass is 16.2. The Morgan fingerprint density at radius 1 is 1.33 bits per heavy atom. The number of carbonyl (C=O) groups excluding carboxylic acids is 1. The molecule has 1 heterocycles. The highest BCUT2D eigenvalue weighted by Gasteiger charge is 2.35. The summed E-state index contributed by atoms with van der Waals surface area (Å²) in [6, 6.07) is 0.0141. The molecule has 1 aliphatic heterocycles. The van der Waals surface area contributed by atoms with Crippen molar-refractivity contribution in [2.45, 2.75) is 71.5 Å². The fourth-order valence-electron chi connectivity index (χ4n) is 3.60. The van der Waals surface area contributed by atoms with E-state index in [1.165, 1.54) is 32.1 Å². The van der Waals surface area contributed by atoms with E-state index < -0.39 is 0 Å². The van der Waals surface area contributed by atoms with Crippen LogP contribution in [0.5, 0.6) is 0 Å². The van der Waals surface area contributed by atoms with Crippen LogP contribution in [0.4, 0.5) is 0 Å². The van der Waals surface area contributed by atoms with Gasteiger partial charge < -0.3 is 4.90 Å². The second-order valence-corrected chi connectivity index (χ2v) is 6.27. The van der Waals surface area contributed by atoms with Crippen LogP contribution < -0.4 is 5.32 Å². The minimum absolute atomic E-state index is 0.0141. The van der Waals surface area contributed by atoms with E-state index >= 15 is 0 Å². The normalized spacial score (nSPS) is 37.3. The lowest BCUT2D eigenvalue weighted by Gasteiger charge is -2.30. The molecule has 0 aromatic rings. The van der Waals surface area contributed by atoms with Crippen molar-refractivity contribution in [1.82, 2.24) is 10.2 Å². The summed E-state index contributed by atoms with van der Waals surface area (Å²) in [6.07, 6.45) is 7.99. The molecule has 18 heavy (non-hydrogen) atoms. The van der Waals surface area contributed by atoms with Crippen molar-refractivity contribution in [1.29, 1.82) is 0 Å². The molecule has 1 amide bonds. The van der Waals surface area contributed by atoms with Crippen molar-refractivity contribution in [3.8, 4) is 0 Å². The maximum Gasteiger partial charge on any atom is 0.240 e. The molecular weight excluding hydrogens is 224 g/mol. The zero-order valence-corrected chi connectivity index (χ0v) is 12.1. The molecule has 0 radical (unpaired) electrons. The van der Waals surface area contributed by atoms with Crippen molar-refractivity contribution >= 4 is 5.91 Å². The minimum atomic E-state index is 0.0141.